The molecule has 1 heterocycles. The van der Waals surface area contributed by atoms with Gasteiger partial charge in [-0.05, 0) is 24.3 Å². The minimum absolute atomic E-state index is 0.0164. The van der Waals surface area contributed by atoms with Crippen LogP contribution in [-0.4, -0.2) is 32.6 Å². The molecule has 1 aliphatic rings. The Labute approximate surface area is 103 Å². The summed E-state index contributed by atoms with van der Waals surface area (Å²) >= 11 is 0. The zero-order valence-corrected chi connectivity index (χ0v) is 9.74. The second-order valence-electron chi connectivity index (χ2n) is 4.11. The van der Waals surface area contributed by atoms with Gasteiger partial charge in [0.05, 0.1) is 5.56 Å². The van der Waals surface area contributed by atoms with E-state index in [-0.39, 0.29) is 6.04 Å². The number of halogens is 3. The van der Waals surface area contributed by atoms with Crippen molar-refractivity contribution in [2.24, 2.45) is 4.99 Å². The van der Waals surface area contributed by atoms with Crippen LogP contribution in [0.15, 0.2) is 29.3 Å². The predicted molar refractivity (Wildman–Crippen MR) is 61.9 cm³/mol. The zero-order valence-electron chi connectivity index (χ0n) is 9.74. The molecule has 2 rings (SSSR count). The van der Waals surface area contributed by atoms with Crippen LogP contribution >= 0.6 is 0 Å². The molecule has 3 nitrogen and oxygen atoms in total. The van der Waals surface area contributed by atoms with Crippen LogP contribution in [0.4, 0.5) is 18.9 Å². The van der Waals surface area contributed by atoms with Crippen molar-refractivity contribution in [2.45, 2.75) is 12.2 Å². The number of anilines is 1. The zero-order chi connectivity index (χ0) is 13.2. The predicted octanol–water partition coefficient (Wildman–Crippen LogP) is 2.45. The van der Waals surface area contributed by atoms with Crippen LogP contribution in [0.25, 0.3) is 0 Å². The maximum atomic E-state index is 12.4. The summed E-state index contributed by atoms with van der Waals surface area (Å²) in [7, 11) is 1.80. The highest BCUT2D eigenvalue weighted by atomic mass is 19.4. The standard InChI is InChI=1S/C12H12F3N2O/c1-17(6-10-7-18-8-16-10)11-4-2-9(3-5-11)12(13,14)15/h2-5,10H,6-7H2,1H3. The third-order valence-electron chi connectivity index (χ3n) is 2.70. The Hall–Kier alpha value is -1.72. The van der Waals surface area contributed by atoms with Gasteiger partial charge >= 0.3 is 6.18 Å². The molecule has 18 heavy (non-hydrogen) atoms. The summed E-state index contributed by atoms with van der Waals surface area (Å²) in [5.41, 5.74) is 0.0697. The Morgan fingerprint density at radius 3 is 2.56 bits per heavy atom. The Morgan fingerprint density at radius 1 is 1.39 bits per heavy atom. The van der Waals surface area contributed by atoms with Gasteiger partial charge in [-0.25, -0.2) is 4.99 Å². The first kappa shape index (κ1) is 12.7. The first-order chi connectivity index (χ1) is 8.47. The van der Waals surface area contributed by atoms with Gasteiger partial charge in [-0.2, -0.15) is 13.2 Å². The van der Waals surface area contributed by atoms with E-state index in [4.69, 9.17) is 4.74 Å². The summed E-state index contributed by atoms with van der Waals surface area (Å²) in [6.45, 7) is 1.04. The van der Waals surface area contributed by atoms with Gasteiger partial charge in [0.2, 0.25) is 0 Å². The van der Waals surface area contributed by atoms with Crippen molar-refractivity contribution < 1.29 is 17.9 Å². The summed E-state index contributed by atoms with van der Waals surface area (Å²) in [4.78, 5) is 5.80. The SMILES string of the molecule is CN(CC1CO[C]=N1)c1ccc(C(F)(F)F)cc1. The summed E-state index contributed by atoms with van der Waals surface area (Å²) < 4.78 is 42.1. The van der Waals surface area contributed by atoms with Crippen molar-refractivity contribution in [1.29, 1.82) is 0 Å². The van der Waals surface area contributed by atoms with Gasteiger partial charge in [-0.1, -0.05) is 0 Å². The van der Waals surface area contributed by atoms with Crippen LogP contribution < -0.4 is 4.90 Å². The Balaban J connectivity index is 2.02. The lowest BCUT2D eigenvalue weighted by Crippen LogP contribution is -2.28. The van der Waals surface area contributed by atoms with E-state index in [1.807, 2.05) is 4.90 Å². The minimum Gasteiger partial charge on any atom is -0.472 e. The van der Waals surface area contributed by atoms with Crippen molar-refractivity contribution >= 4 is 12.1 Å². The average molecular weight is 257 g/mol. The number of rotatable bonds is 3. The number of nitrogens with zero attached hydrogens (tertiary/aromatic N) is 2. The molecule has 0 N–H and O–H groups in total. The molecule has 1 radical (unpaired) electrons. The molecule has 1 aromatic rings. The van der Waals surface area contributed by atoms with Crippen molar-refractivity contribution in [3.63, 3.8) is 0 Å². The molecular formula is C12H12F3N2O. The molecule has 1 aliphatic heterocycles. The monoisotopic (exact) mass is 257 g/mol. The van der Waals surface area contributed by atoms with Gasteiger partial charge in [0, 0.05) is 19.3 Å². The average Bonchev–Trinajstić information content (AvgIpc) is 2.81. The van der Waals surface area contributed by atoms with Crippen molar-refractivity contribution in [2.75, 3.05) is 25.1 Å². The molecule has 6 heteroatoms. The summed E-state index contributed by atoms with van der Waals surface area (Å²) in [5, 5.41) is 0. The largest absolute Gasteiger partial charge is 0.472 e. The van der Waals surface area contributed by atoms with Gasteiger partial charge in [0.1, 0.15) is 12.6 Å². The number of hydrogen-bond acceptors (Lipinski definition) is 3. The number of aliphatic imine (C=N–C) groups is 1. The van der Waals surface area contributed by atoms with Gasteiger partial charge < -0.3 is 9.64 Å². The number of alkyl halides is 3. The fraction of sp³-hybridized carbons (Fsp3) is 0.417. The minimum atomic E-state index is -4.30. The molecule has 0 saturated heterocycles. The molecule has 0 spiro atoms. The van der Waals surface area contributed by atoms with Crippen LogP contribution in [0.5, 0.6) is 0 Å². The van der Waals surface area contributed by atoms with Gasteiger partial charge in [0.15, 0.2) is 0 Å². The molecule has 0 bridgehead atoms. The molecule has 0 fully saturated rings. The van der Waals surface area contributed by atoms with E-state index < -0.39 is 11.7 Å². The first-order valence-electron chi connectivity index (χ1n) is 5.42. The van der Waals surface area contributed by atoms with E-state index in [1.54, 1.807) is 7.05 Å². The highest BCUT2D eigenvalue weighted by Gasteiger charge is 2.30. The fourth-order valence-corrected chi connectivity index (χ4v) is 1.70. The quantitative estimate of drug-likeness (QED) is 0.830. The van der Waals surface area contributed by atoms with Crippen LogP contribution in [0, 0.1) is 0 Å². The van der Waals surface area contributed by atoms with Crippen LogP contribution in [-0.2, 0) is 10.9 Å². The van der Waals surface area contributed by atoms with Crippen LogP contribution in [0.1, 0.15) is 5.56 Å². The van der Waals surface area contributed by atoms with Crippen LogP contribution in [0.2, 0.25) is 0 Å². The fourth-order valence-electron chi connectivity index (χ4n) is 1.70. The normalized spacial score (nSPS) is 18.8. The molecule has 0 saturated carbocycles. The molecule has 97 valence electrons. The highest BCUT2D eigenvalue weighted by Crippen LogP contribution is 2.30. The van der Waals surface area contributed by atoms with E-state index in [0.717, 1.165) is 12.1 Å². The maximum Gasteiger partial charge on any atom is 0.416 e. The third-order valence-corrected chi connectivity index (χ3v) is 2.70. The molecule has 1 atom stereocenters. The lowest BCUT2D eigenvalue weighted by atomic mass is 10.2. The number of ether oxygens (including phenoxy) is 1. The van der Waals surface area contributed by atoms with E-state index in [2.05, 4.69) is 11.4 Å². The molecule has 0 aromatic heterocycles. The van der Waals surface area contributed by atoms with E-state index >= 15 is 0 Å². The lowest BCUT2D eigenvalue weighted by Gasteiger charge is -2.21. The molecule has 1 aromatic carbocycles. The van der Waals surface area contributed by atoms with Crippen molar-refractivity contribution in [1.82, 2.24) is 0 Å². The Bertz CT molecular complexity index is 428. The summed E-state index contributed by atoms with van der Waals surface area (Å²) in [6, 6.07) is 5.04. The molecule has 0 aliphatic carbocycles. The third kappa shape index (κ3) is 2.94. The summed E-state index contributed by atoms with van der Waals surface area (Å²) in [6.07, 6.45) is -1.89. The van der Waals surface area contributed by atoms with Crippen molar-refractivity contribution in [3.8, 4) is 0 Å². The van der Waals surface area contributed by atoms with Gasteiger partial charge in [0.25, 0.3) is 6.40 Å². The number of hydrogen-bond donors (Lipinski definition) is 0. The number of benzene rings is 1. The lowest BCUT2D eigenvalue weighted by molar-refractivity contribution is -0.137. The second-order valence-corrected chi connectivity index (χ2v) is 4.11. The first-order valence-corrected chi connectivity index (χ1v) is 5.42. The van der Waals surface area contributed by atoms with E-state index in [9.17, 15) is 13.2 Å². The van der Waals surface area contributed by atoms with Crippen molar-refractivity contribution in [3.05, 3.63) is 29.8 Å². The molecular weight excluding hydrogens is 245 g/mol. The Morgan fingerprint density at radius 2 is 2.06 bits per heavy atom. The topological polar surface area (TPSA) is 24.8 Å². The Kier molecular flexibility index (Phi) is 3.45. The maximum absolute atomic E-state index is 12.4. The van der Waals surface area contributed by atoms with Crippen LogP contribution in [0.3, 0.4) is 0 Å². The molecule has 1 unspecified atom stereocenters. The molecule has 0 amide bonds. The van der Waals surface area contributed by atoms with E-state index in [0.29, 0.717) is 18.8 Å². The second kappa shape index (κ2) is 4.88. The smallest absolute Gasteiger partial charge is 0.416 e. The van der Waals surface area contributed by atoms with E-state index in [1.165, 1.54) is 12.1 Å². The summed E-state index contributed by atoms with van der Waals surface area (Å²) in [5.74, 6) is 0. The van der Waals surface area contributed by atoms with Gasteiger partial charge in [-0.15, -0.1) is 0 Å². The van der Waals surface area contributed by atoms with Gasteiger partial charge in [-0.3, -0.25) is 0 Å². The highest BCUT2D eigenvalue weighted by molar-refractivity contribution is 5.51. The number of likely N-dealkylation sites (N-methyl/N-ethyl adjacent to an activating group) is 1.